The molecule has 1 aliphatic heterocycles. The van der Waals surface area contributed by atoms with Crippen LogP contribution in [0.3, 0.4) is 0 Å². The average Bonchev–Trinajstić information content (AvgIpc) is 2.90. The highest BCUT2D eigenvalue weighted by atomic mass is 32.2. The highest BCUT2D eigenvalue weighted by molar-refractivity contribution is 7.99. The largest absolute Gasteiger partial charge is 0.365 e. The van der Waals surface area contributed by atoms with Crippen molar-refractivity contribution in [2.75, 3.05) is 23.5 Å². The minimum Gasteiger partial charge on any atom is -0.365 e. The number of thioether (sulfide) groups is 1. The van der Waals surface area contributed by atoms with E-state index in [9.17, 15) is 14.9 Å². The third-order valence-corrected chi connectivity index (χ3v) is 4.56. The molecule has 1 saturated heterocycles. The second-order valence-corrected chi connectivity index (χ2v) is 5.79. The third-order valence-electron chi connectivity index (χ3n) is 3.41. The van der Waals surface area contributed by atoms with Crippen LogP contribution >= 0.6 is 11.8 Å². The first kappa shape index (κ1) is 13.9. The summed E-state index contributed by atoms with van der Waals surface area (Å²) in [6, 6.07) is 5.03. The van der Waals surface area contributed by atoms with E-state index in [-0.39, 0.29) is 11.5 Å². The smallest absolute Gasteiger partial charge is 0.293 e. The Labute approximate surface area is 116 Å². The van der Waals surface area contributed by atoms with Gasteiger partial charge in [0.1, 0.15) is 5.69 Å². The summed E-state index contributed by atoms with van der Waals surface area (Å²) >= 11 is 1.86. The molecule has 0 radical (unpaired) electrons. The molecule has 6 heteroatoms. The number of nitrogens with zero attached hydrogens (tertiary/aromatic N) is 2. The second kappa shape index (κ2) is 5.61. The standard InChI is InChI=1S/C13H16N2O3S/c1-9(16)10-3-4-12(13(7-10)15(17)18)14(2)11-5-6-19-8-11/h3-4,7,11H,5-6,8H2,1-2H3. The van der Waals surface area contributed by atoms with Gasteiger partial charge >= 0.3 is 0 Å². The van der Waals surface area contributed by atoms with E-state index in [2.05, 4.69) is 0 Å². The van der Waals surface area contributed by atoms with Crippen LogP contribution in [0.25, 0.3) is 0 Å². The van der Waals surface area contributed by atoms with E-state index >= 15 is 0 Å². The quantitative estimate of drug-likeness (QED) is 0.482. The van der Waals surface area contributed by atoms with Crippen molar-refractivity contribution in [2.24, 2.45) is 0 Å². The van der Waals surface area contributed by atoms with Crippen LogP contribution in [0.15, 0.2) is 18.2 Å². The van der Waals surface area contributed by atoms with Crippen LogP contribution in [0.4, 0.5) is 11.4 Å². The summed E-state index contributed by atoms with van der Waals surface area (Å²) in [7, 11) is 1.88. The molecule has 0 aromatic heterocycles. The summed E-state index contributed by atoms with van der Waals surface area (Å²) in [4.78, 5) is 24.0. The topological polar surface area (TPSA) is 63.5 Å². The maximum Gasteiger partial charge on any atom is 0.293 e. The van der Waals surface area contributed by atoms with Crippen LogP contribution in [0.1, 0.15) is 23.7 Å². The molecule has 102 valence electrons. The summed E-state index contributed by atoms with van der Waals surface area (Å²) < 4.78 is 0. The van der Waals surface area contributed by atoms with Gasteiger partial charge in [-0.3, -0.25) is 14.9 Å². The number of hydrogen-bond acceptors (Lipinski definition) is 5. The van der Waals surface area contributed by atoms with E-state index in [0.717, 1.165) is 17.9 Å². The van der Waals surface area contributed by atoms with Crippen LogP contribution in [-0.4, -0.2) is 35.3 Å². The van der Waals surface area contributed by atoms with Gasteiger partial charge in [-0.2, -0.15) is 11.8 Å². The monoisotopic (exact) mass is 280 g/mol. The fourth-order valence-electron chi connectivity index (χ4n) is 2.21. The zero-order valence-electron chi connectivity index (χ0n) is 11.0. The van der Waals surface area contributed by atoms with Gasteiger partial charge in [-0.05, 0) is 31.2 Å². The first-order valence-corrected chi connectivity index (χ1v) is 7.26. The van der Waals surface area contributed by atoms with E-state index in [0.29, 0.717) is 17.3 Å². The Balaban J connectivity index is 2.38. The number of nitro benzene ring substituents is 1. The molecule has 5 nitrogen and oxygen atoms in total. The molecule has 0 N–H and O–H groups in total. The van der Waals surface area contributed by atoms with Gasteiger partial charge in [0.15, 0.2) is 5.78 Å². The summed E-state index contributed by atoms with van der Waals surface area (Å²) in [5.41, 5.74) is 0.972. The van der Waals surface area contributed by atoms with Crippen molar-refractivity contribution in [3.8, 4) is 0 Å². The van der Waals surface area contributed by atoms with Crippen LogP contribution < -0.4 is 4.90 Å². The lowest BCUT2D eigenvalue weighted by Gasteiger charge is -2.25. The Kier molecular flexibility index (Phi) is 4.09. The van der Waals surface area contributed by atoms with Crippen molar-refractivity contribution < 1.29 is 9.72 Å². The third kappa shape index (κ3) is 2.89. The van der Waals surface area contributed by atoms with Crippen LogP contribution in [0.2, 0.25) is 0 Å². The van der Waals surface area contributed by atoms with E-state index in [1.807, 2.05) is 23.7 Å². The summed E-state index contributed by atoms with van der Waals surface area (Å²) in [5, 5.41) is 11.2. The Morgan fingerprint density at radius 3 is 2.79 bits per heavy atom. The van der Waals surface area contributed by atoms with Gasteiger partial charge in [0.2, 0.25) is 0 Å². The highest BCUT2D eigenvalue weighted by Gasteiger charge is 2.26. The molecule has 0 saturated carbocycles. The van der Waals surface area contributed by atoms with E-state index in [4.69, 9.17) is 0 Å². The number of Topliss-reactive ketones (excluding diaryl/α,β-unsaturated/α-hetero) is 1. The summed E-state index contributed by atoms with van der Waals surface area (Å²) in [5.74, 6) is 1.92. The van der Waals surface area contributed by atoms with Gasteiger partial charge in [-0.25, -0.2) is 0 Å². The van der Waals surface area contributed by atoms with Gasteiger partial charge in [0.05, 0.1) is 4.92 Å². The van der Waals surface area contributed by atoms with E-state index < -0.39 is 4.92 Å². The molecule has 2 rings (SSSR count). The number of nitro groups is 1. The highest BCUT2D eigenvalue weighted by Crippen LogP contribution is 2.33. The average molecular weight is 280 g/mol. The number of benzene rings is 1. The van der Waals surface area contributed by atoms with E-state index in [1.165, 1.54) is 13.0 Å². The number of rotatable bonds is 4. The van der Waals surface area contributed by atoms with Crippen LogP contribution in [-0.2, 0) is 0 Å². The Hall–Kier alpha value is -1.56. The molecule has 0 amide bonds. The fourth-order valence-corrected chi connectivity index (χ4v) is 3.48. The second-order valence-electron chi connectivity index (χ2n) is 4.65. The van der Waals surface area contributed by atoms with Gasteiger partial charge in [-0.15, -0.1) is 0 Å². The maximum absolute atomic E-state index is 11.3. The molecular weight excluding hydrogens is 264 g/mol. The summed E-state index contributed by atoms with van der Waals surface area (Å²) in [6.45, 7) is 1.41. The zero-order chi connectivity index (χ0) is 14.0. The molecule has 0 aliphatic carbocycles. The van der Waals surface area contributed by atoms with Crippen LogP contribution in [0, 0.1) is 10.1 Å². The van der Waals surface area contributed by atoms with Crippen molar-refractivity contribution in [3.63, 3.8) is 0 Å². The number of anilines is 1. The lowest BCUT2D eigenvalue weighted by molar-refractivity contribution is -0.384. The normalized spacial score (nSPS) is 18.3. The predicted octanol–water partition coefficient (Wildman–Crippen LogP) is 2.74. The number of carbonyl (C=O) groups excluding carboxylic acids is 1. The SMILES string of the molecule is CC(=O)c1ccc(N(C)C2CCSC2)c([N+](=O)[O-])c1. The molecule has 0 spiro atoms. The lowest BCUT2D eigenvalue weighted by atomic mass is 10.1. The lowest BCUT2D eigenvalue weighted by Crippen LogP contribution is -2.31. The zero-order valence-corrected chi connectivity index (χ0v) is 11.8. The molecular formula is C13H16N2O3S. The molecule has 1 aromatic carbocycles. The van der Waals surface area contributed by atoms with Gasteiger partial charge in [0.25, 0.3) is 5.69 Å². The molecule has 0 bridgehead atoms. The Bertz CT molecular complexity index is 513. The van der Waals surface area contributed by atoms with Crippen LogP contribution in [0.5, 0.6) is 0 Å². The molecule has 1 aromatic rings. The molecule has 1 unspecified atom stereocenters. The number of hydrogen-bond donors (Lipinski definition) is 0. The fraction of sp³-hybridized carbons (Fsp3) is 0.462. The molecule has 1 aliphatic rings. The molecule has 19 heavy (non-hydrogen) atoms. The summed E-state index contributed by atoms with van der Waals surface area (Å²) in [6.07, 6.45) is 1.03. The van der Waals surface area contributed by atoms with Gasteiger partial charge < -0.3 is 4.90 Å². The van der Waals surface area contributed by atoms with Crippen molar-refractivity contribution in [2.45, 2.75) is 19.4 Å². The Morgan fingerprint density at radius 1 is 1.53 bits per heavy atom. The minimum atomic E-state index is -0.416. The molecule has 1 fully saturated rings. The van der Waals surface area contributed by atoms with E-state index in [1.54, 1.807) is 12.1 Å². The van der Waals surface area contributed by atoms with Crippen molar-refractivity contribution >= 4 is 28.9 Å². The van der Waals surface area contributed by atoms with Crippen molar-refractivity contribution in [1.29, 1.82) is 0 Å². The van der Waals surface area contributed by atoms with Gasteiger partial charge in [0, 0.05) is 30.5 Å². The first-order chi connectivity index (χ1) is 9.00. The Morgan fingerprint density at radius 2 is 2.26 bits per heavy atom. The number of carbonyl (C=O) groups is 1. The predicted molar refractivity (Wildman–Crippen MR) is 77.2 cm³/mol. The number of ketones is 1. The van der Waals surface area contributed by atoms with Gasteiger partial charge in [-0.1, -0.05) is 0 Å². The minimum absolute atomic E-state index is 0.00657. The maximum atomic E-state index is 11.3. The first-order valence-electron chi connectivity index (χ1n) is 6.10. The molecule has 1 heterocycles. The van der Waals surface area contributed by atoms with Crippen molar-refractivity contribution in [1.82, 2.24) is 0 Å². The molecule has 1 atom stereocenters. The van der Waals surface area contributed by atoms with Crippen molar-refractivity contribution in [3.05, 3.63) is 33.9 Å².